The van der Waals surface area contributed by atoms with Crippen molar-refractivity contribution in [2.45, 2.75) is 34.2 Å². The topological polar surface area (TPSA) is 75.4 Å². The second kappa shape index (κ2) is 8.80. The summed E-state index contributed by atoms with van der Waals surface area (Å²) in [5.74, 6) is 0.885. The van der Waals surface area contributed by atoms with Crippen LogP contribution in [0, 0.1) is 11.8 Å². The van der Waals surface area contributed by atoms with Crippen molar-refractivity contribution in [3.05, 3.63) is 39.9 Å². The van der Waals surface area contributed by atoms with Gasteiger partial charge >= 0.3 is 0 Å². The summed E-state index contributed by atoms with van der Waals surface area (Å²) in [5, 5.41) is 8.51. The highest BCUT2D eigenvalue weighted by Gasteiger charge is 2.21. The molecule has 6 nitrogen and oxygen atoms in total. The van der Waals surface area contributed by atoms with Crippen LogP contribution < -0.4 is 5.32 Å². The Morgan fingerprint density at radius 1 is 1.28 bits per heavy atom. The molecule has 2 amide bonds. The highest BCUT2D eigenvalue weighted by molar-refractivity contribution is 7.12. The van der Waals surface area contributed by atoms with E-state index in [4.69, 9.17) is 4.52 Å². The lowest BCUT2D eigenvalue weighted by atomic mass is 10.2. The largest absolute Gasteiger partial charge is 0.359 e. The zero-order valence-corrected chi connectivity index (χ0v) is 15.9. The summed E-state index contributed by atoms with van der Waals surface area (Å²) in [5.41, 5.74) is 0.240. The fourth-order valence-electron chi connectivity index (χ4n) is 2.29. The first-order chi connectivity index (χ1) is 11.9. The first kappa shape index (κ1) is 19.2. The summed E-state index contributed by atoms with van der Waals surface area (Å²) in [6.07, 6.45) is 0. The number of hydrogen-bond acceptors (Lipinski definition) is 5. The van der Waals surface area contributed by atoms with Gasteiger partial charge in [-0.05, 0) is 23.3 Å². The van der Waals surface area contributed by atoms with Gasteiger partial charge in [0.25, 0.3) is 11.8 Å². The van der Waals surface area contributed by atoms with Crippen LogP contribution in [0.15, 0.2) is 28.1 Å². The molecule has 0 aliphatic carbocycles. The molecule has 0 radical (unpaired) electrons. The smallest absolute Gasteiger partial charge is 0.273 e. The van der Waals surface area contributed by atoms with E-state index < -0.39 is 0 Å². The third kappa shape index (κ3) is 5.70. The fraction of sp³-hybridized carbons (Fsp3) is 0.500. The molecule has 0 fully saturated rings. The van der Waals surface area contributed by atoms with Crippen LogP contribution in [0.25, 0.3) is 0 Å². The van der Waals surface area contributed by atoms with Gasteiger partial charge in [-0.25, -0.2) is 0 Å². The number of carbonyl (C=O) groups excluding carboxylic acids is 2. The SMILES string of the molecule is CC(C)CNC(=O)c1cc(CN(CC(C)C)C(=O)c2cccs2)on1. The molecule has 0 aliphatic rings. The van der Waals surface area contributed by atoms with Crippen LogP contribution >= 0.6 is 11.3 Å². The normalized spacial score (nSPS) is 11.1. The van der Waals surface area contributed by atoms with E-state index in [0.717, 1.165) is 0 Å². The average Bonchev–Trinajstić information content (AvgIpc) is 3.22. The molecule has 0 saturated heterocycles. The first-order valence-corrected chi connectivity index (χ1v) is 9.31. The van der Waals surface area contributed by atoms with Gasteiger partial charge in [-0.3, -0.25) is 9.59 Å². The van der Waals surface area contributed by atoms with Crippen molar-refractivity contribution in [3.63, 3.8) is 0 Å². The lowest BCUT2D eigenvalue weighted by molar-refractivity contribution is 0.0710. The molecule has 2 aromatic heterocycles. The van der Waals surface area contributed by atoms with Gasteiger partial charge in [0.05, 0.1) is 11.4 Å². The Hall–Kier alpha value is -2.15. The molecule has 2 rings (SSSR count). The zero-order valence-electron chi connectivity index (χ0n) is 15.1. The number of nitrogens with zero attached hydrogens (tertiary/aromatic N) is 2. The van der Waals surface area contributed by atoms with Gasteiger partial charge in [-0.2, -0.15) is 0 Å². The van der Waals surface area contributed by atoms with E-state index >= 15 is 0 Å². The molecule has 136 valence electrons. The molecule has 0 bridgehead atoms. The fourth-order valence-corrected chi connectivity index (χ4v) is 2.98. The molecule has 0 aromatic carbocycles. The van der Waals surface area contributed by atoms with Crippen molar-refractivity contribution in [3.8, 4) is 0 Å². The highest BCUT2D eigenvalue weighted by Crippen LogP contribution is 2.16. The van der Waals surface area contributed by atoms with Crippen LogP contribution in [-0.2, 0) is 6.54 Å². The van der Waals surface area contributed by atoms with Crippen molar-refractivity contribution < 1.29 is 14.1 Å². The summed E-state index contributed by atoms with van der Waals surface area (Å²) in [6.45, 7) is 9.63. The third-order valence-corrected chi connectivity index (χ3v) is 4.27. The van der Waals surface area contributed by atoms with Gasteiger partial charge in [0.1, 0.15) is 0 Å². The van der Waals surface area contributed by atoms with Crippen molar-refractivity contribution in [1.82, 2.24) is 15.4 Å². The van der Waals surface area contributed by atoms with E-state index in [1.165, 1.54) is 11.3 Å². The summed E-state index contributed by atoms with van der Waals surface area (Å²) >= 11 is 1.41. The highest BCUT2D eigenvalue weighted by atomic mass is 32.1. The summed E-state index contributed by atoms with van der Waals surface area (Å²) in [7, 11) is 0. The lowest BCUT2D eigenvalue weighted by Crippen LogP contribution is -2.33. The average molecular weight is 363 g/mol. The number of rotatable bonds is 8. The number of thiophene rings is 1. The monoisotopic (exact) mass is 363 g/mol. The molecule has 0 saturated carbocycles. The van der Waals surface area contributed by atoms with E-state index in [-0.39, 0.29) is 17.5 Å². The molecule has 0 spiro atoms. The van der Waals surface area contributed by atoms with Crippen LogP contribution in [0.4, 0.5) is 0 Å². The van der Waals surface area contributed by atoms with Crippen LogP contribution in [0.2, 0.25) is 0 Å². The van der Waals surface area contributed by atoms with Gasteiger partial charge in [0.2, 0.25) is 0 Å². The minimum Gasteiger partial charge on any atom is -0.359 e. The van der Waals surface area contributed by atoms with Crippen molar-refractivity contribution in [2.24, 2.45) is 11.8 Å². The molecule has 25 heavy (non-hydrogen) atoms. The Kier molecular flexibility index (Phi) is 6.75. The van der Waals surface area contributed by atoms with Gasteiger partial charge in [0.15, 0.2) is 11.5 Å². The van der Waals surface area contributed by atoms with Gasteiger partial charge in [-0.1, -0.05) is 38.9 Å². The van der Waals surface area contributed by atoms with Crippen LogP contribution in [0.1, 0.15) is 53.6 Å². The van der Waals surface area contributed by atoms with E-state index in [1.54, 1.807) is 11.0 Å². The summed E-state index contributed by atoms with van der Waals surface area (Å²) in [4.78, 5) is 27.1. The van der Waals surface area contributed by atoms with Gasteiger partial charge < -0.3 is 14.7 Å². The minimum atomic E-state index is -0.260. The number of nitrogens with one attached hydrogen (secondary N) is 1. The van der Waals surface area contributed by atoms with Gasteiger partial charge in [0, 0.05) is 19.2 Å². The summed E-state index contributed by atoms with van der Waals surface area (Å²) in [6, 6.07) is 5.27. The van der Waals surface area contributed by atoms with Crippen LogP contribution in [0.5, 0.6) is 0 Å². The van der Waals surface area contributed by atoms with Crippen LogP contribution in [0.3, 0.4) is 0 Å². The predicted molar refractivity (Wildman–Crippen MR) is 97.6 cm³/mol. The van der Waals surface area contributed by atoms with Gasteiger partial charge in [-0.15, -0.1) is 11.3 Å². The zero-order chi connectivity index (χ0) is 18.4. The molecule has 0 aliphatic heterocycles. The molecule has 0 atom stereocenters. The standard InChI is InChI=1S/C18H25N3O3S/c1-12(2)9-19-17(22)15-8-14(24-20-15)11-21(10-13(3)4)18(23)16-6-5-7-25-16/h5-8,12-13H,9-11H2,1-4H3,(H,19,22). The Bertz CT molecular complexity index is 692. The second-order valence-electron chi connectivity index (χ2n) is 6.84. The maximum Gasteiger partial charge on any atom is 0.273 e. The van der Waals surface area contributed by atoms with E-state index in [2.05, 4.69) is 24.3 Å². The predicted octanol–water partition coefficient (Wildman–Crippen LogP) is 3.42. The Labute approximate surface area is 152 Å². The molecule has 0 unspecified atom stereocenters. The lowest BCUT2D eigenvalue weighted by Gasteiger charge is -2.22. The maximum absolute atomic E-state index is 12.7. The van der Waals surface area contributed by atoms with Crippen molar-refractivity contribution in [1.29, 1.82) is 0 Å². The molecular weight excluding hydrogens is 338 g/mol. The quantitative estimate of drug-likeness (QED) is 0.780. The molecule has 2 aromatic rings. The Morgan fingerprint density at radius 2 is 2.04 bits per heavy atom. The van der Waals surface area contributed by atoms with E-state index in [9.17, 15) is 9.59 Å². The Morgan fingerprint density at radius 3 is 2.64 bits per heavy atom. The first-order valence-electron chi connectivity index (χ1n) is 8.43. The number of hydrogen-bond donors (Lipinski definition) is 1. The molecule has 1 N–H and O–H groups in total. The van der Waals surface area contributed by atoms with E-state index in [1.807, 2.05) is 31.4 Å². The number of carbonyl (C=O) groups is 2. The third-order valence-electron chi connectivity index (χ3n) is 3.41. The van der Waals surface area contributed by atoms with Crippen molar-refractivity contribution >= 4 is 23.2 Å². The maximum atomic E-state index is 12.7. The number of aromatic nitrogens is 1. The molecule has 7 heteroatoms. The minimum absolute atomic E-state index is 0.0362. The summed E-state index contributed by atoms with van der Waals surface area (Å²) < 4.78 is 5.27. The Balaban J connectivity index is 2.06. The van der Waals surface area contributed by atoms with E-state index in [0.29, 0.717) is 42.1 Å². The molecule has 2 heterocycles. The van der Waals surface area contributed by atoms with Crippen LogP contribution in [-0.4, -0.2) is 35.0 Å². The molecular formula is C18H25N3O3S. The number of amides is 2. The second-order valence-corrected chi connectivity index (χ2v) is 7.79. The van der Waals surface area contributed by atoms with Crippen molar-refractivity contribution in [2.75, 3.05) is 13.1 Å².